The van der Waals surface area contributed by atoms with Crippen LogP contribution in [0.5, 0.6) is 0 Å². The minimum Gasteiger partial charge on any atom is -0.340 e. The number of rotatable bonds is 5. The fraction of sp³-hybridized carbons (Fsp3) is 0.545. The Morgan fingerprint density at radius 3 is 2.82 bits per heavy atom. The van der Waals surface area contributed by atoms with Gasteiger partial charge in [0.25, 0.3) is 0 Å². The van der Waals surface area contributed by atoms with Crippen LogP contribution in [0, 0.1) is 13.8 Å². The third-order valence-electron chi connectivity index (χ3n) is 2.60. The monoisotopic (exact) mass is 235 g/mol. The van der Waals surface area contributed by atoms with Crippen molar-refractivity contribution in [3.8, 4) is 0 Å². The van der Waals surface area contributed by atoms with Gasteiger partial charge in [0.15, 0.2) is 5.82 Å². The molecule has 0 unspecified atom stereocenters. The molecule has 0 N–H and O–H groups in total. The first-order valence-corrected chi connectivity index (χ1v) is 5.61. The molecule has 0 aliphatic rings. The highest BCUT2D eigenvalue weighted by molar-refractivity contribution is 4.96. The van der Waals surface area contributed by atoms with Crippen molar-refractivity contribution in [2.24, 2.45) is 0 Å². The predicted molar refractivity (Wildman–Crippen MR) is 62.3 cm³/mol. The first-order valence-electron chi connectivity index (χ1n) is 5.61. The lowest BCUT2D eigenvalue weighted by Gasteiger charge is -2.14. The molecule has 0 radical (unpaired) electrons. The second kappa shape index (κ2) is 5.09. The molecule has 2 aromatic rings. The summed E-state index contributed by atoms with van der Waals surface area (Å²) in [6.07, 6.45) is 1.82. The van der Waals surface area contributed by atoms with Gasteiger partial charge in [0.2, 0.25) is 5.89 Å². The van der Waals surface area contributed by atoms with Gasteiger partial charge in [-0.25, -0.2) is 0 Å². The van der Waals surface area contributed by atoms with E-state index in [1.165, 1.54) is 5.69 Å². The van der Waals surface area contributed by atoms with E-state index in [1.807, 2.05) is 24.0 Å². The van der Waals surface area contributed by atoms with E-state index in [0.29, 0.717) is 12.4 Å². The molecule has 2 heterocycles. The van der Waals surface area contributed by atoms with Crippen LogP contribution in [0.3, 0.4) is 0 Å². The molecule has 0 fully saturated rings. The maximum atomic E-state index is 4.93. The lowest BCUT2D eigenvalue weighted by atomic mass is 10.4. The van der Waals surface area contributed by atoms with Crippen LogP contribution in [0.25, 0.3) is 0 Å². The summed E-state index contributed by atoms with van der Waals surface area (Å²) in [5, 5.41) is 8.11. The van der Waals surface area contributed by atoms with Crippen molar-refractivity contribution in [3.05, 3.63) is 29.7 Å². The van der Waals surface area contributed by atoms with Gasteiger partial charge in [-0.05, 0) is 20.0 Å². The van der Waals surface area contributed by atoms with E-state index in [1.54, 1.807) is 6.92 Å². The second-order valence-corrected chi connectivity index (χ2v) is 4.16. The molecule has 0 saturated carbocycles. The van der Waals surface area contributed by atoms with Crippen molar-refractivity contribution >= 4 is 0 Å². The summed E-state index contributed by atoms with van der Waals surface area (Å²) in [5.74, 6) is 1.33. The number of hydrogen-bond acceptors (Lipinski definition) is 5. The quantitative estimate of drug-likeness (QED) is 0.774. The Hall–Kier alpha value is -1.69. The molecule has 0 bridgehead atoms. The standard InChI is InChI=1S/C11H17N5O/c1-9-4-5-12-16(9)7-6-15(3)8-11-13-10(2)17-14-11/h4-5H,6-8H2,1-3H3. The van der Waals surface area contributed by atoms with Crippen molar-refractivity contribution in [1.29, 1.82) is 0 Å². The number of hydrogen-bond donors (Lipinski definition) is 0. The maximum Gasteiger partial charge on any atom is 0.223 e. The molecular formula is C11H17N5O. The Kier molecular flexibility index (Phi) is 3.53. The van der Waals surface area contributed by atoms with Crippen LogP contribution in [0.1, 0.15) is 17.4 Å². The summed E-state index contributed by atoms with van der Waals surface area (Å²) in [6, 6.07) is 2.00. The molecule has 92 valence electrons. The van der Waals surface area contributed by atoms with Gasteiger partial charge in [0.1, 0.15) is 0 Å². The first kappa shape index (κ1) is 11.8. The molecule has 2 aromatic heterocycles. The zero-order chi connectivity index (χ0) is 12.3. The molecule has 0 aliphatic heterocycles. The van der Waals surface area contributed by atoms with Gasteiger partial charge in [-0.2, -0.15) is 10.1 Å². The highest BCUT2D eigenvalue weighted by atomic mass is 16.5. The number of nitrogens with zero attached hydrogens (tertiary/aromatic N) is 5. The third-order valence-corrected chi connectivity index (χ3v) is 2.60. The molecule has 2 rings (SSSR count). The first-order chi connectivity index (χ1) is 8.15. The fourth-order valence-corrected chi connectivity index (χ4v) is 1.62. The second-order valence-electron chi connectivity index (χ2n) is 4.16. The van der Waals surface area contributed by atoms with Crippen LogP contribution in [0.2, 0.25) is 0 Å². The smallest absolute Gasteiger partial charge is 0.223 e. The Labute approximate surface area is 100 Å². The molecule has 6 nitrogen and oxygen atoms in total. The van der Waals surface area contributed by atoms with Crippen LogP contribution in [0.4, 0.5) is 0 Å². The van der Waals surface area contributed by atoms with Gasteiger partial charge in [0.05, 0.1) is 13.1 Å². The van der Waals surface area contributed by atoms with Crippen LogP contribution in [-0.2, 0) is 13.1 Å². The summed E-state index contributed by atoms with van der Waals surface area (Å²) in [5.41, 5.74) is 1.17. The SMILES string of the molecule is Cc1nc(CN(C)CCn2nccc2C)no1. The highest BCUT2D eigenvalue weighted by Crippen LogP contribution is 2.01. The van der Waals surface area contributed by atoms with Crippen LogP contribution in [0.15, 0.2) is 16.8 Å². The summed E-state index contributed by atoms with van der Waals surface area (Å²) >= 11 is 0. The minimum atomic E-state index is 0.608. The van der Waals surface area contributed by atoms with Crippen LogP contribution >= 0.6 is 0 Å². The molecule has 17 heavy (non-hydrogen) atoms. The number of aryl methyl sites for hydroxylation is 2. The topological polar surface area (TPSA) is 60.0 Å². The Bertz CT molecular complexity index is 476. The normalized spacial score (nSPS) is 11.3. The highest BCUT2D eigenvalue weighted by Gasteiger charge is 2.07. The van der Waals surface area contributed by atoms with Gasteiger partial charge < -0.3 is 4.52 Å². The molecule has 0 aliphatic carbocycles. The predicted octanol–water partition coefficient (Wildman–Crippen LogP) is 1.01. The zero-order valence-corrected chi connectivity index (χ0v) is 10.4. The Morgan fingerprint density at radius 1 is 1.41 bits per heavy atom. The Morgan fingerprint density at radius 2 is 2.24 bits per heavy atom. The summed E-state index contributed by atoms with van der Waals surface area (Å²) < 4.78 is 6.91. The molecule has 0 saturated heterocycles. The summed E-state index contributed by atoms with van der Waals surface area (Å²) in [4.78, 5) is 6.32. The minimum absolute atomic E-state index is 0.608. The van der Waals surface area contributed by atoms with Crippen LogP contribution in [-0.4, -0.2) is 38.4 Å². The largest absolute Gasteiger partial charge is 0.340 e. The average molecular weight is 235 g/mol. The van der Waals surface area contributed by atoms with E-state index in [4.69, 9.17) is 4.52 Å². The summed E-state index contributed by atoms with van der Waals surface area (Å²) in [6.45, 7) is 6.30. The third kappa shape index (κ3) is 3.13. The van der Waals surface area contributed by atoms with Gasteiger partial charge in [0, 0.05) is 25.4 Å². The van der Waals surface area contributed by atoms with Crippen molar-refractivity contribution in [2.75, 3.05) is 13.6 Å². The molecule has 6 heteroatoms. The molecule has 0 spiro atoms. The maximum absolute atomic E-state index is 4.93. The van der Waals surface area contributed by atoms with E-state index in [9.17, 15) is 0 Å². The summed E-state index contributed by atoms with van der Waals surface area (Å²) in [7, 11) is 2.03. The molecule has 0 amide bonds. The van der Waals surface area contributed by atoms with Gasteiger partial charge in [-0.1, -0.05) is 5.16 Å². The van der Waals surface area contributed by atoms with E-state index in [0.717, 1.165) is 18.9 Å². The van der Waals surface area contributed by atoms with Crippen molar-refractivity contribution in [3.63, 3.8) is 0 Å². The number of aromatic nitrogens is 4. The van der Waals surface area contributed by atoms with Crippen molar-refractivity contribution < 1.29 is 4.52 Å². The average Bonchev–Trinajstić information content (AvgIpc) is 2.85. The zero-order valence-electron chi connectivity index (χ0n) is 10.4. The van der Waals surface area contributed by atoms with E-state index in [-0.39, 0.29) is 0 Å². The molecule has 0 aromatic carbocycles. The Balaban J connectivity index is 1.82. The van der Waals surface area contributed by atoms with E-state index in [2.05, 4.69) is 27.1 Å². The van der Waals surface area contributed by atoms with Crippen molar-refractivity contribution in [1.82, 2.24) is 24.8 Å². The number of likely N-dealkylation sites (N-methyl/N-ethyl adjacent to an activating group) is 1. The van der Waals surface area contributed by atoms with Crippen LogP contribution < -0.4 is 0 Å². The molecule has 0 atom stereocenters. The lowest BCUT2D eigenvalue weighted by Crippen LogP contribution is -2.24. The van der Waals surface area contributed by atoms with E-state index >= 15 is 0 Å². The van der Waals surface area contributed by atoms with Gasteiger partial charge in [-0.3, -0.25) is 9.58 Å². The van der Waals surface area contributed by atoms with Gasteiger partial charge in [-0.15, -0.1) is 0 Å². The van der Waals surface area contributed by atoms with Gasteiger partial charge >= 0.3 is 0 Å². The van der Waals surface area contributed by atoms with E-state index < -0.39 is 0 Å². The molecular weight excluding hydrogens is 218 g/mol. The van der Waals surface area contributed by atoms with Crippen molar-refractivity contribution in [2.45, 2.75) is 26.9 Å². The fourth-order valence-electron chi connectivity index (χ4n) is 1.62. The lowest BCUT2D eigenvalue weighted by molar-refractivity contribution is 0.289.